The van der Waals surface area contributed by atoms with Crippen molar-refractivity contribution in [3.63, 3.8) is 0 Å². The minimum atomic E-state index is -0.836. The Labute approximate surface area is 104 Å². The topological polar surface area (TPSA) is 64.1 Å². The number of anilines is 1. The quantitative estimate of drug-likeness (QED) is 0.835. The molecule has 1 heterocycles. The number of hydrogen-bond acceptors (Lipinski definition) is 5. The lowest BCUT2D eigenvalue weighted by Crippen LogP contribution is -2.21. The molecule has 0 amide bonds. The number of ether oxygens (including phenoxy) is 1. The minimum absolute atomic E-state index is 0.0828. The van der Waals surface area contributed by atoms with Crippen LogP contribution in [0.5, 0.6) is 5.88 Å². The standard InChI is InChI=1S/C11H19N3O2S/c1-8(2)16-11-5-10(13-7-14-11)12-6-9(3)17(4)15/h5,7-9H,6H2,1-4H3,(H,12,13,14). The van der Waals surface area contributed by atoms with Crippen molar-refractivity contribution in [2.24, 2.45) is 0 Å². The Bertz CT molecular complexity index is 385. The van der Waals surface area contributed by atoms with E-state index in [4.69, 9.17) is 4.74 Å². The average molecular weight is 257 g/mol. The van der Waals surface area contributed by atoms with Gasteiger partial charge in [0.2, 0.25) is 5.88 Å². The molecule has 0 fully saturated rings. The summed E-state index contributed by atoms with van der Waals surface area (Å²) in [6.45, 7) is 6.42. The molecule has 0 aliphatic carbocycles. The van der Waals surface area contributed by atoms with E-state index in [0.717, 1.165) is 0 Å². The first-order valence-corrected chi connectivity index (χ1v) is 7.16. The van der Waals surface area contributed by atoms with Crippen LogP contribution in [0.1, 0.15) is 20.8 Å². The number of nitrogens with zero attached hydrogens (tertiary/aromatic N) is 2. The number of nitrogens with one attached hydrogen (secondary N) is 1. The number of rotatable bonds is 6. The predicted octanol–water partition coefficient (Wildman–Crippen LogP) is 1.44. The van der Waals surface area contributed by atoms with Gasteiger partial charge in [0.25, 0.3) is 0 Å². The zero-order chi connectivity index (χ0) is 12.8. The second kappa shape index (κ2) is 6.54. The van der Waals surface area contributed by atoms with Crippen LogP contribution in [0.25, 0.3) is 0 Å². The van der Waals surface area contributed by atoms with Crippen LogP contribution in [0.15, 0.2) is 12.4 Å². The zero-order valence-corrected chi connectivity index (χ0v) is 11.5. The smallest absolute Gasteiger partial charge is 0.218 e. The van der Waals surface area contributed by atoms with Crippen LogP contribution >= 0.6 is 0 Å². The normalized spacial score (nSPS) is 14.4. The maximum atomic E-state index is 11.2. The highest BCUT2D eigenvalue weighted by Crippen LogP contribution is 2.12. The fraction of sp³-hybridized carbons (Fsp3) is 0.636. The lowest BCUT2D eigenvalue weighted by molar-refractivity contribution is 0.232. The van der Waals surface area contributed by atoms with Crippen LogP contribution in [0, 0.1) is 0 Å². The summed E-state index contributed by atoms with van der Waals surface area (Å²) in [5, 5.41) is 3.20. The van der Waals surface area contributed by atoms with Gasteiger partial charge < -0.3 is 10.1 Å². The number of hydrogen-bond donors (Lipinski definition) is 1. The maximum Gasteiger partial charge on any atom is 0.218 e. The van der Waals surface area contributed by atoms with Crippen LogP contribution in [-0.2, 0) is 10.8 Å². The second-order valence-electron chi connectivity index (χ2n) is 4.10. The van der Waals surface area contributed by atoms with Crippen LogP contribution in [0.4, 0.5) is 5.82 Å². The Kier molecular flexibility index (Phi) is 5.34. The molecule has 1 N–H and O–H groups in total. The van der Waals surface area contributed by atoms with Crippen molar-refractivity contribution in [3.05, 3.63) is 12.4 Å². The lowest BCUT2D eigenvalue weighted by atomic mass is 10.4. The second-order valence-corrected chi connectivity index (χ2v) is 5.90. The molecule has 2 unspecified atom stereocenters. The minimum Gasteiger partial charge on any atom is -0.475 e. The fourth-order valence-electron chi connectivity index (χ4n) is 1.11. The highest BCUT2D eigenvalue weighted by molar-refractivity contribution is 7.84. The van der Waals surface area contributed by atoms with E-state index in [1.165, 1.54) is 6.33 Å². The molecule has 1 aromatic heterocycles. The van der Waals surface area contributed by atoms with Crippen LogP contribution in [0.2, 0.25) is 0 Å². The first-order valence-electron chi connectivity index (χ1n) is 5.54. The van der Waals surface area contributed by atoms with Crippen molar-refractivity contribution in [2.75, 3.05) is 18.1 Å². The first-order chi connectivity index (χ1) is 7.99. The molecule has 0 aromatic carbocycles. The van der Waals surface area contributed by atoms with Crippen LogP contribution < -0.4 is 10.1 Å². The van der Waals surface area contributed by atoms with Gasteiger partial charge in [0.15, 0.2) is 0 Å². The lowest BCUT2D eigenvalue weighted by Gasteiger charge is -2.12. The fourth-order valence-corrected chi connectivity index (χ4v) is 1.43. The molecule has 0 saturated carbocycles. The van der Waals surface area contributed by atoms with E-state index >= 15 is 0 Å². The molecule has 5 nitrogen and oxygen atoms in total. The largest absolute Gasteiger partial charge is 0.475 e. The van der Waals surface area contributed by atoms with E-state index in [0.29, 0.717) is 18.2 Å². The summed E-state index contributed by atoms with van der Waals surface area (Å²) in [6, 6.07) is 1.74. The van der Waals surface area contributed by atoms with Gasteiger partial charge in [-0.05, 0) is 20.8 Å². The Morgan fingerprint density at radius 3 is 2.71 bits per heavy atom. The maximum absolute atomic E-state index is 11.2. The molecule has 0 aliphatic rings. The molecule has 6 heteroatoms. The van der Waals surface area contributed by atoms with Crippen molar-refractivity contribution < 1.29 is 8.95 Å². The first kappa shape index (κ1) is 13.9. The van der Waals surface area contributed by atoms with Gasteiger partial charge in [0.05, 0.1) is 6.10 Å². The zero-order valence-electron chi connectivity index (χ0n) is 10.6. The van der Waals surface area contributed by atoms with Crippen molar-refractivity contribution in [1.29, 1.82) is 0 Å². The van der Waals surface area contributed by atoms with Gasteiger partial charge in [0.1, 0.15) is 12.1 Å². The van der Waals surface area contributed by atoms with Gasteiger partial charge in [-0.1, -0.05) is 0 Å². The van der Waals surface area contributed by atoms with E-state index in [-0.39, 0.29) is 11.4 Å². The molecule has 0 bridgehead atoms. The molecule has 1 rings (SSSR count). The van der Waals surface area contributed by atoms with Crippen molar-refractivity contribution in [2.45, 2.75) is 32.1 Å². The van der Waals surface area contributed by atoms with E-state index < -0.39 is 10.8 Å². The highest BCUT2D eigenvalue weighted by Gasteiger charge is 2.07. The van der Waals surface area contributed by atoms with Gasteiger partial charge in [-0.25, -0.2) is 9.97 Å². The van der Waals surface area contributed by atoms with Gasteiger partial charge in [-0.3, -0.25) is 4.21 Å². The SMILES string of the molecule is CC(C)Oc1cc(NCC(C)S(C)=O)ncn1. The molecule has 0 saturated heterocycles. The van der Waals surface area contributed by atoms with Crippen molar-refractivity contribution in [3.8, 4) is 5.88 Å². The summed E-state index contributed by atoms with van der Waals surface area (Å²) < 4.78 is 16.6. The molecule has 0 radical (unpaired) electrons. The highest BCUT2D eigenvalue weighted by atomic mass is 32.2. The molecule has 0 spiro atoms. The molecule has 17 heavy (non-hydrogen) atoms. The van der Waals surface area contributed by atoms with E-state index in [9.17, 15) is 4.21 Å². The van der Waals surface area contributed by atoms with Gasteiger partial charge >= 0.3 is 0 Å². The molecular formula is C11H19N3O2S. The van der Waals surface area contributed by atoms with E-state index in [1.807, 2.05) is 20.8 Å². The van der Waals surface area contributed by atoms with Gasteiger partial charge in [-0.15, -0.1) is 0 Å². The van der Waals surface area contributed by atoms with E-state index in [2.05, 4.69) is 15.3 Å². The summed E-state index contributed by atoms with van der Waals surface area (Å²) in [4.78, 5) is 8.09. The molecule has 0 aliphatic heterocycles. The Morgan fingerprint density at radius 2 is 2.12 bits per heavy atom. The third kappa shape index (κ3) is 5.12. The Balaban J connectivity index is 2.56. The van der Waals surface area contributed by atoms with Crippen molar-refractivity contribution >= 4 is 16.6 Å². The molecule has 2 atom stereocenters. The van der Waals surface area contributed by atoms with Crippen LogP contribution in [-0.4, -0.2) is 38.3 Å². The summed E-state index contributed by atoms with van der Waals surface area (Å²) in [5.41, 5.74) is 0. The number of aromatic nitrogens is 2. The van der Waals surface area contributed by atoms with Crippen LogP contribution in [0.3, 0.4) is 0 Å². The van der Waals surface area contributed by atoms with E-state index in [1.54, 1.807) is 12.3 Å². The monoisotopic (exact) mass is 257 g/mol. The average Bonchev–Trinajstić information content (AvgIpc) is 2.25. The molecular weight excluding hydrogens is 238 g/mol. The van der Waals surface area contributed by atoms with Crippen molar-refractivity contribution in [1.82, 2.24) is 9.97 Å². The molecule has 1 aromatic rings. The Hall–Kier alpha value is -1.17. The molecule has 96 valence electrons. The summed E-state index contributed by atoms with van der Waals surface area (Å²) in [5.74, 6) is 1.23. The predicted molar refractivity (Wildman–Crippen MR) is 69.8 cm³/mol. The summed E-state index contributed by atoms with van der Waals surface area (Å²) in [7, 11) is -0.836. The summed E-state index contributed by atoms with van der Waals surface area (Å²) in [6.07, 6.45) is 3.23. The Morgan fingerprint density at radius 1 is 1.41 bits per heavy atom. The summed E-state index contributed by atoms with van der Waals surface area (Å²) >= 11 is 0. The van der Waals surface area contributed by atoms with Gasteiger partial charge in [0, 0.05) is 34.9 Å². The third-order valence-electron chi connectivity index (χ3n) is 2.14. The van der Waals surface area contributed by atoms with Gasteiger partial charge in [-0.2, -0.15) is 0 Å². The third-order valence-corrected chi connectivity index (χ3v) is 3.44.